The topological polar surface area (TPSA) is 156 Å². The summed E-state index contributed by atoms with van der Waals surface area (Å²) in [6.45, 7) is 2.42. The highest BCUT2D eigenvalue weighted by Gasteiger charge is 2.29. The summed E-state index contributed by atoms with van der Waals surface area (Å²) in [6.07, 6.45) is 15.9. The number of nitrogens with zero attached hydrogens (tertiary/aromatic N) is 4. The predicted octanol–water partition coefficient (Wildman–Crippen LogP) is 10.6. The van der Waals surface area contributed by atoms with Crippen molar-refractivity contribution in [3.05, 3.63) is 195 Å². The molecule has 12 nitrogen and oxygen atoms in total. The lowest BCUT2D eigenvalue weighted by Crippen LogP contribution is -2.39. The minimum Gasteiger partial charge on any atom is -0.361 e. The number of hydrogen-bond donors (Lipinski definition) is 4. The van der Waals surface area contributed by atoms with Gasteiger partial charge >= 0.3 is 12.1 Å². The number of halogens is 4. The number of pyridine rings is 4. The first-order valence-electron chi connectivity index (χ1n) is 21.7. The van der Waals surface area contributed by atoms with Gasteiger partial charge in [-0.2, -0.15) is 0 Å². The zero-order valence-electron chi connectivity index (χ0n) is 35.8. The van der Waals surface area contributed by atoms with Gasteiger partial charge in [-0.25, -0.2) is 9.59 Å². The second kappa shape index (κ2) is 20.8. The lowest BCUT2D eigenvalue weighted by Gasteiger charge is -2.30. The number of nitrogens with one attached hydrogen (secondary N) is 4. The number of fused-ring (bicyclic) bond motifs is 4. The molecule has 4 N–H and O–H groups in total. The fourth-order valence-electron chi connectivity index (χ4n) is 9.28. The Kier molecular flexibility index (Phi) is 14.7. The summed E-state index contributed by atoms with van der Waals surface area (Å²) in [5.74, 6) is 0. The Labute approximate surface area is 410 Å². The van der Waals surface area contributed by atoms with Crippen molar-refractivity contribution in [1.82, 2.24) is 29.7 Å². The maximum Gasteiger partial charge on any atom is 0.321 e. The molecule has 4 amide bonds. The summed E-state index contributed by atoms with van der Waals surface area (Å²) in [5, 5.41) is 7.21. The molecule has 0 spiro atoms. The number of urea groups is 2. The summed E-state index contributed by atoms with van der Waals surface area (Å²) in [4.78, 5) is 69.5. The summed E-state index contributed by atoms with van der Waals surface area (Å²) in [7, 11) is 0. The van der Waals surface area contributed by atoms with Crippen LogP contribution in [0, 0.1) is 0 Å². The Morgan fingerprint density at radius 2 is 1.11 bits per heavy atom. The van der Waals surface area contributed by atoms with Crippen LogP contribution in [-0.4, -0.2) is 68.0 Å². The molecule has 6 heterocycles. The maximum absolute atomic E-state index is 12.9. The number of likely N-dealkylation sites (tertiary alicyclic amines) is 2. The summed E-state index contributed by atoms with van der Waals surface area (Å²) < 4.78 is 0.538. The molecule has 2 aromatic carbocycles. The molecule has 16 heteroatoms. The molecule has 0 saturated carbocycles. The molecule has 338 valence electrons. The van der Waals surface area contributed by atoms with Crippen LogP contribution < -0.4 is 21.5 Å². The SMILES string of the molecule is Br.O=C(Nc1cccnc1)N1CCC(=C2c3ccc(Cl)cc3CCc3c2[nH]cc(Br)c3=O)CC1.O=C(Nc1cccnc1)N1CCC(=C2c3ccc(Cl)cc3CCc3c2[nH]ccc3=O)CC1. The van der Waals surface area contributed by atoms with Crippen molar-refractivity contribution in [1.29, 1.82) is 0 Å². The Hall–Kier alpha value is -5.80. The lowest BCUT2D eigenvalue weighted by atomic mass is 9.88. The van der Waals surface area contributed by atoms with Gasteiger partial charge < -0.3 is 30.4 Å². The second-order valence-corrected chi connectivity index (χ2v) is 18.1. The molecular formula is C50H46Br2Cl2N8O4. The van der Waals surface area contributed by atoms with E-state index in [-0.39, 0.29) is 39.9 Å². The van der Waals surface area contributed by atoms with Crippen LogP contribution in [0.5, 0.6) is 0 Å². The molecule has 10 rings (SSSR count). The number of aromatic amines is 2. The zero-order valence-corrected chi connectivity index (χ0v) is 40.6. The van der Waals surface area contributed by atoms with Crippen LogP contribution in [0.25, 0.3) is 11.1 Å². The molecule has 0 unspecified atom stereocenters. The normalized spacial score (nSPS) is 15.3. The number of H-pyrrole nitrogens is 2. The van der Waals surface area contributed by atoms with Crippen LogP contribution in [0.15, 0.2) is 129 Å². The number of carbonyl (C=O) groups excluding carboxylic acids is 2. The molecule has 0 radical (unpaired) electrons. The summed E-state index contributed by atoms with van der Waals surface area (Å²) >= 11 is 16.0. The van der Waals surface area contributed by atoms with E-state index in [0.29, 0.717) is 64.9 Å². The number of hydrogen-bond acceptors (Lipinski definition) is 6. The number of aromatic nitrogens is 4. The van der Waals surface area contributed by atoms with E-state index in [9.17, 15) is 19.2 Å². The molecule has 0 bridgehead atoms. The van der Waals surface area contributed by atoms with Gasteiger partial charge in [0, 0.05) is 89.4 Å². The number of amides is 4. The smallest absolute Gasteiger partial charge is 0.321 e. The Balaban J connectivity index is 0.000000177. The Morgan fingerprint density at radius 3 is 1.59 bits per heavy atom. The van der Waals surface area contributed by atoms with Crippen LogP contribution >= 0.6 is 56.1 Å². The van der Waals surface area contributed by atoms with Gasteiger partial charge in [-0.15, -0.1) is 17.0 Å². The van der Waals surface area contributed by atoms with Gasteiger partial charge in [-0.05, 0) is 138 Å². The first kappa shape index (κ1) is 46.7. The van der Waals surface area contributed by atoms with Crippen molar-refractivity contribution in [3.8, 4) is 0 Å². The molecule has 2 aliphatic carbocycles. The Morgan fingerprint density at radius 1 is 0.621 bits per heavy atom. The second-order valence-electron chi connectivity index (χ2n) is 16.4. The van der Waals surface area contributed by atoms with Crippen molar-refractivity contribution in [2.75, 3.05) is 36.8 Å². The molecule has 2 fully saturated rings. The highest BCUT2D eigenvalue weighted by Crippen LogP contribution is 2.40. The van der Waals surface area contributed by atoms with Gasteiger partial charge in [0.05, 0.1) is 39.6 Å². The highest BCUT2D eigenvalue weighted by molar-refractivity contribution is 9.10. The average Bonchev–Trinajstić information content (AvgIpc) is 3.59. The van der Waals surface area contributed by atoms with Gasteiger partial charge in [0.1, 0.15) is 0 Å². The summed E-state index contributed by atoms with van der Waals surface area (Å²) in [6, 6.07) is 20.5. The van der Waals surface area contributed by atoms with Gasteiger partial charge in [0.2, 0.25) is 0 Å². The van der Waals surface area contributed by atoms with Crippen molar-refractivity contribution in [2.45, 2.75) is 51.4 Å². The molecule has 4 aliphatic rings. The third-order valence-corrected chi connectivity index (χ3v) is 13.6. The van der Waals surface area contributed by atoms with Crippen LogP contribution in [0.2, 0.25) is 10.0 Å². The van der Waals surface area contributed by atoms with E-state index in [1.807, 2.05) is 46.2 Å². The first-order valence-corrected chi connectivity index (χ1v) is 23.2. The van der Waals surface area contributed by atoms with Crippen molar-refractivity contribution >= 4 is 90.7 Å². The number of piperidine rings is 2. The van der Waals surface area contributed by atoms with E-state index in [1.165, 1.54) is 11.1 Å². The fourth-order valence-corrected chi connectivity index (χ4v) is 10.0. The molecule has 4 aromatic heterocycles. The molecule has 2 aliphatic heterocycles. The number of rotatable bonds is 2. The van der Waals surface area contributed by atoms with E-state index in [1.54, 1.807) is 55.4 Å². The zero-order chi connectivity index (χ0) is 45.0. The van der Waals surface area contributed by atoms with E-state index >= 15 is 0 Å². The van der Waals surface area contributed by atoms with Crippen molar-refractivity contribution < 1.29 is 9.59 Å². The van der Waals surface area contributed by atoms with Gasteiger partial charge in [0.15, 0.2) is 10.9 Å². The molecular weight excluding hydrogens is 1010 g/mol. The fraction of sp³-hybridized carbons (Fsp3) is 0.240. The predicted molar refractivity (Wildman–Crippen MR) is 270 cm³/mol. The van der Waals surface area contributed by atoms with E-state index in [0.717, 1.165) is 94.4 Å². The Bertz CT molecular complexity index is 2980. The quantitative estimate of drug-likeness (QED) is 0.135. The van der Waals surface area contributed by atoms with Crippen molar-refractivity contribution in [2.24, 2.45) is 0 Å². The standard InChI is InChI=1S/C25H22BrClN4O2.C25H23ClN4O2.BrH/c26-21-14-29-23-20(24(21)32)5-3-16-12-17(27)4-6-19(16)22(23)15-7-10-31(11-8-15)25(33)30-18-2-1-9-28-13-18;26-18-4-6-20-17(14-18)3-5-21-22(31)7-11-28-24(21)23(20)16-8-12-30(13-9-16)25(32)29-19-2-1-10-27-15-19;/h1-2,4,6,9,12-14H,3,5,7-8,10-11H2,(H,29,32)(H,30,33);1-2,4,6-7,10-11,14-15H,3,5,8-9,12-13H2,(H,28,31)(H,29,32);1H. The van der Waals surface area contributed by atoms with Crippen LogP contribution in [0.4, 0.5) is 21.0 Å². The third-order valence-electron chi connectivity index (χ3n) is 12.5. The molecule has 0 atom stereocenters. The highest BCUT2D eigenvalue weighted by atomic mass is 79.9. The van der Waals surface area contributed by atoms with E-state index in [2.05, 4.69) is 58.6 Å². The van der Waals surface area contributed by atoms with Gasteiger partial charge in [-0.1, -0.05) is 46.5 Å². The van der Waals surface area contributed by atoms with Crippen LogP contribution in [-0.2, 0) is 25.7 Å². The lowest BCUT2D eigenvalue weighted by molar-refractivity contribution is 0.207. The largest absolute Gasteiger partial charge is 0.361 e. The first-order chi connectivity index (χ1) is 31.6. The molecule has 6 aromatic rings. The van der Waals surface area contributed by atoms with E-state index < -0.39 is 0 Å². The van der Waals surface area contributed by atoms with Gasteiger partial charge in [0.25, 0.3) is 0 Å². The summed E-state index contributed by atoms with van der Waals surface area (Å²) in [5.41, 5.74) is 14.0. The average molecular weight is 1050 g/mol. The number of benzene rings is 2. The van der Waals surface area contributed by atoms with Crippen molar-refractivity contribution in [3.63, 3.8) is 0 Å². The number of carbonyl (C=O) groups is 2. The number of anilines is 2. The minimum atomic E-state index is -0.127. The van der Waals surface area contributed by atoms with Gasteiger partial charge in [-0.3, -0.25) is 19.6 Å². The molecule has 66 heavy (non-hydrogen) atoms. The number of aryl methyl sites for hydroxylation is 2. The van der Waals surface area contributed by atoms with E-state index in [4.69, 9.17) is 23.2 Å². The molecule has 2 saturated heterocycles. The van der Waals surface area contributed by atoms with Crippen LogP contribution in [0.1, 0.15) is 70.5 Å². The third kappa shape index (κ3) is 10.1. The van der Waals surface area contributed by atoms with Crippen LogP contribution in [0.3, 0.4) is 0 Å². The minimum absolute atomic E-state index is 0. The maximum atomic E-state index is 12.9. The monoisotopic (exact) mass is 1050 g/mol.